The Hall–Kier alpha value is -2.36. The number of fused-ring (bicyclic) bond motifs is 1. The lowest BCUT2D eigenvalue weighted by Crippen LogP contribution is -2.23. The van der Waals surface area contributed by atoms with Crippen LogP contribution in [0.4, 0.5) is 0 Å². The SMILES string of the molecule is COc1ncccc1C(=O)NCc1ccc2c(c1)CCC2. The van der Waals surface area contributed by atoms with E-state index in [0.29, 0.717) is 18.0 Å². The third-order valence-corrected chi connectivity index (χ3v) is 3.83. The highest BCUT2D eigenvalue weighted by molar-refractivity contribution is 5.96. The lowest BCUT2D eigenvalue weighted by atomic mass is 10.1. The van der Waals surface area contributed by atoms with Crippen LogP contribution in [-0.2, 0) is 19.4 Å². The van der Waals surface area contributed by atoms with Crippen molar-refractivity contribution in [1.29, 1.82) is 0 Å². The fraction of sp³-hybridized carbons (Fsp3) is 0.294. The summed E-state index contributed by atoms with van der Waals surface area (Å²) in [5.74, 6) is 0.185. The number of carbonyl (C=O) groups excluding carboxylic acids is 1. The van der Waals surface area contributed by atoms with Gasteiger partial charge in [-0.3, -0.25) is 4.79 Å². The Kier molecular flexibility index (Phi) is 3.86. The van der Waals surface area contributed by atoms with Crippen LogP contribution in [0, 0.1) is 0 Å². The van der Waals surface area contributed by atoms with Crippen molar-refractivity contribution in [3.05, 3.63) is 58.8 Å². The second-order valence-electron chi connectivity index (χ2n) is 5.20. The van der Waals surface area contributed by atoms with Crippen LogP contribution in [-0.4, -0.2) is 18.0 Å². The summed E-state index contributed by atoms with van der Waals surface area (Å²) in [6.07, 6.45) is 5.16. The number of methoxy groups -OCH3 is 1. The molecule has 1 aromatic heterocycles. The van der Waals surface area contributed by atoms with E-state index in [2.05, 4.69) is 28.5 Å². The van der Waals surface area contributed by atoms with E-state index in [9.17, 15) is 4.79 Å². The maximum Gasteiger partial charge on any atom is 0.257 e. The number of pyridine rings is 1. The molecule has 1 aliphatic carbocycles. The third-order valence-electron chi connectivity index (χ3n) is 3.83. The number of carbonyl (C=O) groups is 1. The summed E-state index contributed by atoms with van der Waals surface area (Å²) in [5.41, 5.74) is 4.45. The van der Waals surface area contributed by atoms with E-state index >= 15 is 0 Å². The van der Waals surface area contributed by atoms with Crippen LogP contribution < -0.4 is 10.1 Å². The summed E-state index contributed by atoms with van der Waals surface area (Å²) in [6.45, 7) is 0.518. The lowest BCUT2D eigenvalue weighted by molar-refractivity contribution is 0.0947. The van der Waals surface area contributed by atoms with E-state index in [1.807, 2.05) is 0 Å². The Labute approximate surface area is 124 Å². The van der Waals surface area contributed by atoms with E-state index in [1.165, 1.54) is 31.1 Å². The second-order valence-corrected chi connectivity index (χ2v) is 5.20. The number of nitrogens with one attached hydrogen (secondary N) is 1. The van der Waals surface area contributed by atoms with E-state index in [-0.39, 0.29) is 5.91 Å². The molecule has 1 heterocycles. The molecule has 0 saturated heterocycles. The number of benzene rings is 1. The van der Waals surface area contributed by atoms with Gasteiger partial charge in [-0.1, -0.05) is 18.2 Å². The largest absolute Gasteiger partial charge is 0.480 e. The van der Waals surface area contributed by atoms with Gasteiger partial charge in [0.2, 0.25) is 5.88 Å². The van der Waals surface area contributed by atoms with E-state index < -0.39 is 0 Å². The molecule has 108 valence electrons. The van der Waals surface area contributed by atoms with Crippen LogP contribution in [0.2, 0.25) is 0 Å². The Morgan fingerprint density at radius 3 is 3.00 bits per heavy atom. The van der Waals surface area contributed by atoms with Crippen molar-refractivity contribution < 1.29 is 9.53 Å². The minimum absolute atomic E-state index is 0.166. The molecule has 0 spiro atoms. The highest BCUT2D eigenvalue weighted by Gasteiger charge is 2.14. The number of ether oxygens (including phenoxy) is 1. The van der Waals surface area contributed by atoms with E-state index in [4.69, 9.17) is 4.74 Å². The monoisotopic (exact) mass is 282 g/mol. The molecular formula is C17H18N2O2. The molecular weight excluding hydrogens is 264 g/mol. The van der Waals surface area contributed by atoms with Gasteiger partial charge in [-0.2, -0.15) is 0 Å². The molecule has 0 atom stereocenters. The highest BCUT2D eigenvalue weighted by atomic mass is 16.5. The van der Waals surface area contributed by atoms with Crippen molar-refractivity contribution in [3.63, 3.8) is 0 Å². The summed E-state index contributed by atoms with van der Waals surface area (Å²) in [5, 5.41) is 2.92. The molecule has 1 N–H and O–H groups in total. The summed E-state index contributed by atoms with van der Waals surface area (Å²) in [7, 11) is 1.51. The molecule has 21 heavy (non-hydrogen) atoms. The number of nitrogens with zero attached hydrogens (tertiary/aromatic N) is 1. The molecule has 3 rings (SSSR count). The van der Waals surface area contributed by atoms with Crippen molar-refractivity contribution in [2.75, 3.05) is 7.11 Å². The van der Waals surface area contributed by atoms with Gasteiger partial charge in [0, 0.05) is 12.7 Å². The van der Waals surface area contributed by atoms with Gasteiger partial charge in [0.1, 0.15) is 5.56 Å². The molecule has 4 heteroatoms. The zero-order valence-corrected chi connectivity index (χ0v) is 12.1. The van der Waals surface area contributed by atoms with Gasteiger partial charge in [-0.05, 0) is 48.1 Å². The van der Waals surface area contributed by atoms with E-state index in [0.717, 1.165) is 12.0 Å². The van der Waals surface area contributed by atoms with Crippen LogP contribution >= 0.6 is 0 Å². The molecule has 0 saturated carbocycles. The first-order valence-electron chi connectivity index (χ1n) is 7.16. The minimum Gasteiger partial charge on any atom is -0.480 e. The predicted molar refractivity (Wildman–Crippen MR) is 80.4 cm³/mol. The smallest absolute Gasteiger partial charge is 0.257 e. The summed E-state index contributed by atoms with van der Waals surface area (Å²) in [4.78, 5) is 16.2. The number of rotatable bonds is 4. The fourth-order valence-corrected chi connectivity index (χ4v) is 2.74. The first-order chi connectivity index (χ1) is 10.3. The van der Waals surface area contributed by atoms with Crippen LogP contribution in [0.1, 0.15) is 33.5 Å². The average Bonchev–Trinajstić information content (AvgIpc) is 3.00. The van der Waals surface area contributed by atoms with Gasteiger partial charge in [0.15, 0.2) is 0 Å². The molecule has 1 aliphatic rings. The summed E-state index contributed by atoms with van der Waals surface area (Å²) < 4.78 is 5.11. The lowest BCUT2D eigenvalue weighted by Gasteiger charge is -2.09. The average molecular weight is 282 g/mol. The molecule has 4 nitrogen and oxygen atoms in total. The zero-order valence-electron chi connectivity index (χ0n) is 12.1. The maximum absolute atomic E-state index is 12.2. The zero-order chi connectivity index (χ0) is 14.7. The topological polar surface area (TPSA) is 51.2 Å². The second kappa shape index (κ2) is 5.95. The molecule has 0 radical (unpaired) electrons. The Morgan fingerprint density at radius 2 is 2.14 bits per heavy atom. The first kappa shape index (κ1) is 13.6. The summed E-state index contributed by atoms with van der Waals surface area (Å²) >= 11 is 0. The van der Waals surface area contributed by atoms with Crippen molar-refractivity contribution in [3.8, 4) is 5.88 Å². The molecule has 1 amide bonds. The van der Waals surface area contributed by atoms with Crippen molar-refractivity contribution >= 4 is 5.91 Å². The van der Waals surface area contributed by atoms with Crippen LogP contribution in [0.5, 0.6) is 5.88 Å². The number of hydrogen-bond donors (Lipinski definition) is 1. The molecule has 2 aromatic rings. The highest BCUT2D eigenvalue weighted by Crippen LogP contribution is 2.22. The molecule has 0 aliphatic heterocycles. The van der Waals surface area contributed by atoms with Crippen molar-refractivity contribution in [1.82, 2.24) is 10.3 Å². The maximum atomic E-state index is 12.2. The minimum atomic E-state index is -0.166. The van der Waals surface area contributed by atoms with Gasteiger partial charge < -0.3 is 10.1 Å². The number of amides is 1. The van der Waals surface area contributed by atoms with Gasteiger partial charge in [-0.15, -0.1) is 0 Å². The molecule has 0 fully saturated rings. The Morgan fingerprint density at radius 1 is 1.29 bits per heavy atom. The molecule has 0 bridgehead atoms. The van der Waals surface area contributed by atoms with Crippen LogP contribution in [0.3, 0.4) is 0 Å². The standard InChI is InChI=1S/C17H18N2O2/c1-21-17-15(6-3-9-18-17)16(20)19-11-12-7-8-13-4-2-5-14(13)10-12/h3,6-10H,2,4-5,11H2,1H3,(H,19,20). The van der Waals surface area contributed by atoms with E-state index in [1.54, 1.807) is 18.3 Å². The quantitative estimate of drug-likeness (QED) is 0.937. The third kappa shape index (κ3) is 2.89. The number of aromatic nitrogens is 1. The van der Waals surface area contributed by atoms with Crippen molar-refractivity contribution in [2.45, 2.75) is 25.8 Å². The fourth-order valence-electron chi connectivity index (χ4n) is 2.74. The Bertz CT molecular complexity index is 668. The normalized spacial score (nSPS) is 12.8. The Balaban J connectivity index is 1.68. The van der Waals surface area contributed by atoms with Gasteiger partial charge in [0.25, 0.3) is 5.91 Å². The molecule has 1 aromatic carbocycles. The van der Waals surface area contributed by atoms with Gasteiger partial charge in [0.05, 0.1) is 7.11 Å². The van der Waals surface area contributed by atoms with Crippen LogP contribution in [0.15, 0.2) is 36.5 Å². The van der Waals surface area contributed by atoms with Gasteiger partial charge in [-0.25, -0.2) is 4.98 Å². The first-order valence-corrected chi connectivity index (χ1v) is 7.16. The number of hydrogen-bond acceptors (Lipinski definition) is 3. The van der Waals surface area contributed by atoms with Gasteiger partial charge >= 0.3 is 0 Å². The summed E-state index contributed by atoms with van der Waals surface area (Å²) in [6, 6.07) is 9.90. The molecule has 0 unspecified atom stereocenters. The predicted octanol–water partition coefficient (Wildman–Crippen LogP) is 2.51. The van der Waals surface area contributed by atoms with Crippen LogP contribution in [0.25, 0.3) is 0 Å². The van der Waals surface area contributed by atoms with Crippen molar-refractivity contribution in [2.24, 2.45) is 0 Å². The number of aryl methyl sites for hydroxylation is 2.